The van der Waals surface area contributed by atoms with E-state index in [9.17, 15) is 5.11 Å². The quantitative estimate of drug-likeness (QED) is 0.906. The second-order valence-corrected chi connectivity index (χ2v) is 4.92. The van der Waals surface area contributed by atoms with Crippen molar-refractivity contribution in [3.8, 4) is 11.5 Å². The second kappa shape index (κ2) is 6.44. The third-order valence-electron chi connectivity index (χ3n) is 3.10. The Labute approximate surface area is 119 Å². The molecule has 1 atom stereocenters. The van der Waals surface area contributed by atoms with Crippen molar-refractivity contribution in [3.05, 3.63) is 59.2 Å². The van der Waals surface area contributed by atoms with Crippen LogP contribution in [0.25, 0.3) is 0 Å². The van der Waals surface area contributed by atoms with Crippen LogP contribution in [0.1, 0.15) is 22.8 Å². The molecule has 3 heteroatoms. The van der Waals surface area contributed by atoms with E-state index in [1.54, 1.807) is 7.11 Å². The molecule has 0 aromatic heterocycles. The van der Waals surface area contributed by atoms with Gasteiger partial charge in [-0.2, -0.15) is 0 Å². The Hall–Kier alpha value is -2.00. The maximum Gasteiger partial charge on any atom is 0.119 e. The molecule has 0 aliphatic rings. The van der Waals surface area contributed by atoms with E-state index in [0.29, 0.717) is 5.75 Å². The minimum Gasteiger partial charge on any atom is -0.497 e. The van der Waals surface area contributed by atoms with Crippen molar-refractivity contribution in [2.24, 2.45) is 0 Å². The molecular weight excluding hydrogens is 252 g/mol. The van der Waals surface area contributed by atoms with E-state index in [1.807, 2.05) is 50.2 Å². The summed E-state index contributed by atoms with van der Waals surface area (Å²) in [6.45, 7) is 4.27. The number of rotatable bonds is 5. The zero-order chi connectivity index (χ0) is 14.5. The van der Waals surface area contributed by atoms with Gasteiger partial charge in [0.25, 0.3) is 0 Å². The lowest BCUT2D eigenvalue weighted by molar-refractivity contribution is 0.108. The maximum absolute atomic E-state index is 10.2. The molecule has 0 spiro atoms. The van der Waals surface area contributed by atoms with Crippen LogP contribution < -0.4 is 9.47 Å². The predicted molar refractivity (Wildman–Crippen MR) is 79.4 cm³/mol. The van der Waals surface area contributed by atoms with Gasteiger partial charge in [-0.25, -0.2) is 0 Å². The van der Waals surface area contributed by atoms with Gasteiger partial charge in [-0.3, -0.25) is 0 Å². The van der Waals surface area contributed by atoms with Gasteiger partial charge >= 0.3 is 0 Å². The Morgan fingerprint density at radius 2 is 1.50 bits per heavy atom. The molecule has 106 valence electrons. The second-order valence-electron chi connectivity index (χ2n) is 4.92. The molecule has 2 rings (SSSR count). The lowest BCUT2D eigenvalue weighted by Gasteiger charge is -2.14. The van der Waals surface area contributed by atoms with Gasteiger partial charge in [0.1, 0.15) is 24.2 Å². The molecule has 20 heavy (non-hydrogen) atoms. The van der Waals surface area contributed by atoms with E-state index in [-0.39, 0.29) is 6.61 Å². The number of aliphatic hydroxyl groups is 1. The van der Waals surface area contributed by atoms with Crippen molar-refractivity contribution in [2.45, 2.75) is 20.0 Å². The van der Waals surface area contributed by atoms with Gasteiger partial charge in [-0.05, 0) is 43.7 Å². The first-order valence-electron chi connectivity index (χ1n) is 6.61. The first kappa shape index (κ1) is 14.4. The summed E-state index contributed by atoms with van der Waals surface area (Å²) in [7, 11) is 1.62. The van der Waals surface area contributed by atoms with Crippen LogP contribution in [0.2, 0.25) is 0 Å². The molecule has 0 aliphatic heterocycles. The van der Waals surface area contributed by atoms with Gasteiger partial charge in [-0.15, -0.1) is 0 Å². The minimum atomic E-state index is -0.629. The Balaban J connectivity index is 1.98. The zero-order valence-corrected chi connectivity index (χ0v) is 12.1. The molecule has 0 heterocycles. The molecule has 1 unspecified atom stereocenters. The molecule has 3 nitrogen and oxygen atoms in total. The van der Waals surface area contributed by atoms with Gasteiger partial charge < -0.3 is 14.6 Å². The van der Waals surface area contributed by atoms with Gasteiger partial charge in [-0.1, -0.05) is 29.3 Å². The first-order valence-corrected chi connectivity index (χ1v) is 6.61. The van der Waals surface area contributed by atoms with Crippen LogP contribution in [-0.2, 0) is 0 Å². The van der Waals surface area contributed by atoms with Gasteiger partial charge in [0, 0.05) is 0 Å². The lowest BCUT2D eigenvalue weighted by atomic mass is 10.0. The summed E-state index contributed by atoms with van der Waals surface area (Å²) in [5, 5.41) is 10.2. The summed E-state index contributed by atoms with van der Waals surface area (Å²) in [4.78, 5) is 0. The van der Waals surface area contributed by atoms with Crippen LogP contribution in [0.5, 0.6) is 11.5 Å². The fourth-order valence-electron chi connectivity index (χ4n) is 2.15. The van der Waals surface area contributed by atoms with E-state index in [2.05, 4.69) is 6.07 Å². The van der Waals surface area contributed by atoms with E-state index in [1.165, 1.54) is 0 Å². The summed E-state index contributed by atoms with van der Waals surface area (Å²) in [5.74, 6) is 1.50. The Morgan fingerprint density at radius 1 is 0.950 bits per heavy atom. The highest BCUT2D eigenvalue weighted by molar-refractivity contribution is 5.32. The molecule has 0 saturated carbocycles. The average molecular weight is 272 g/mol. The fourth-order valence-corrected chi connectivity index (χ4v) is 2.15. The van der Waals surface area contributed by atoms with Crippen LogP contribution in [0, 0.1) is 13.8 Å². The molecule has 2 aromatic carbocycles. The lowest BCUT2D eigenvalue weighted by Crippen LogP contribution is -2.10. The normalized spacial score (nSPS) is 12.0. The molecule has 0 fully saturated rings. The number of ether oxygens (including phenoxy) is 2. The monoisotopic (exact) mass is 272 g/mol. The van der Waals surface area contributed by atoms with Gasteiger partial charge in [0.05, 0.1) is 7.11 Å². The number of aryl methyl sites for hydroxylation is 2. The third kappa shape index (κ3) is 3.75. The molecule has 0 amide bonds. The van der Waals surface area contributed by atoms with Crippen LogP contribution >= 0.6 is 0 Å². The first-order chi connectivity index (χ1) is 9.58. The third-order valence-corrected chi connectivity index (χ3v) is 3.10. The number of methoxy groups -OCH3 is 1. The Morgan fingerprint density at radius 3 is 2.05 bits per heavy atom. The summed E-state index contributed by atoms with van der Waals surface area (Å²) >= 11 is 0. The SMILES string of the molecule is COc1ccc(OCC(O)c2cc(C)cc(C)c2)cc1. The molecule has 0 radical (unpaired) electrons. The van der Waals surface area contributed by atoms with Crippen LogP contribution in [0.3, 0.4) is 0 Å². The number of hydrogen-bond acceptors (Lipinski definition) is 3. The predicted octanol–water partition coefficient (Wildman–Crippen LogP) is 3.42. The van der Waals surface area contributed by atoms with Gasteiger partial charge in [0.15, 0.2) is 0 Å². The van der Waals surface area contributed by atoms with Crippen molar-refractivity contribution in [3.63, 3.8) is 0 Å². The fraction of sp³-hybridized carbons (Fsp3) is 0.294. The van der Waals surface area contributed by atoms with E-state index >= 15 is 0 Å². The Kier molecular flexibility index (Phi) is 4.64. The van der Waals surface area contributed by atoms with Crippen molar-refractivity contribution < 1.29 is 14.6 Å². The van der Waals surface area contributed by atoms with Crippen molar-refractivity contribution in [2.75, 3.05) is 13.7 Å². The number of benzene rings is 2. The van der Waals surface area contributed by atoms with Crippen molar-refractivity contribution >= 4 is 0 Å². The highest BCUT2D eigenvalue weighted by Crippen LogP contribution is 2.21. The molecule has 2 aromatic rings. The van der Waals surface area contributed by atoms with E-state index in [0.717, 1.165) is 22.4 Å². The zero-order valence-electron chi connectivity index (χ0n) is 12.1. The largest absolute Gasteiger partial charge is 0.497 e. The maximum atomic E-state index is 10.2. The Bertz CT molecular complexity index is 541. The molecule has 0 saturated heterocycles. The summed E-state index contributed by atoms with van der Waals surface area (Å²) < 4.78 is 10.7. The number of aliphatic hydroxyl groups excluding tert-OH is 1. The molecule has 0 bridgehead atoms. The number of hydrogen-bond donors (Lipinski definition) is 1. The van der Waals surface area contributed by atoms with Crippen molar-refractivity contribution in [1.82, 2.24) is 0 Å². The average Bonchev–Trinajstić information content (AvgIpc) is 2.44. The molecule has 1 N–H and O–H groups in total. The van der Waals surface area contributed by atoms with Crippen LogP contribution in [0.4, 0.5) is 0 Å². The van der Waals surface area contributed by atoms with E-state index in [4.69, 9.17) is 9.47 Å². The topological polar surface area (TPSA) is 38.7 Å². The molecule has 0 aliphatic carbocycles. The standard InChI is InChI=1S/C17H20O3/c1-12-8-13(2)10-14(9-12)17(18)11-20-16-6-4-15(19-3)5-7-16/h4-10,17-18H,11H2,1-3H3. The smallest absolute Gasteiger partial charge is 0.119 e. The van der Waals surface area contributed by atoms with E-state index < -0.39 is 6.10 Å². The summed E-state index contributed by atoms with van der Waals surface area (Å²) in [5.41, 5.74) is 3.17. The van der Waals surface area contributed by atoms with Crippen molar-refractivity contribution in [1.29, 1.82) is 0 Å². The minimum absolute atomic E-state index is 0.231. The summed E-state index contributed by atoms with van der Waals surface area (Å²) in [6, 6.07) is 13.4. The highest BCUT2D eigenvalue weighted by Gasteiger charge is 2.09. The highest BCUT2D eigenvalue weighted by atomic mass is 16.5. The summed E-state index contributed by atoms with van der Waals surface area (Å²) in [6.07, 6.45) is -0.629. The van der Waals surface area contributed by atoms with Crippen LogP contribution in [-0.4, -0.2) is 18.8 Å². The molecular formula is C17H20O3. The van der Waals surface area contributed by atoms with Crippen LogP contribution in [0.15, 0.2) is 42.5 Å². The van der Waals surface area contributed by atoms with Gasteiger partial charge in [0.2, 0.25) is 0 Å².